The highest BCUT2D eigenvalue weighted by atomic mass is 35.5. The molecule has 0 heterocycles. The quantitative estimate of drug-likeness (QED) is 0.797. The number of halogens is 1. The number of carbonyl (C=O) groups excluding carboxylic acids is 2. The first kappa shape index (κ1) is 16.2. The predicted octanol–water partition coefficient (Wildman–Crippen LogP) is 2.73. The van der Waals surface area contributed by atoms with Gasteiger partial charge >= 0.3 is 6.09 Å². The van der Waals surface area contributed by atoms with Gasteiger partial charge in [-0.2, -0.15) is 0 Å². The van der Waals surface area contributed by atoms with E-state index in [9.17, 15) is 9.59 Å². The molecule has 0 rings (SSSR count). The fraction of sp³-hybridized carbons (Fsp3) is 0.833. The Morgan fingerprint density at radius 1 is 1.18 bits per heavy atom. The smallest absolute Gasteiger partial charge is 0.408 e. The van der Waals surface area contributed by atoms with Crippen LogP contribution in [-0.4, -0.2) is 29.4 Å². The Kier molecular flexibility index (Phi) is 5.46. The Morgan fingerprint density at radius 2 is 1.65 bits per heavy atom. The summed E-state index contributed by atoms with van der Waals surface area (Å²) < 4.78 is 5.11. The lowest BCUT2D eigenvalue weighted by Crippen LogP contribution is -2.50. The molecule has 1 unspecified atom stereocenters. The minimum atomic E-state index is -0.644. The maximum atomic E-state index is 11.7. The standard InChI is InChI=1S/C12H22ClNO3/c1-11(2,3)9(8(15)7-13)14-10(16)17-12(4,5)6/h9H,7H2,1-6H3,(H,14,16). The molecule has 0 saturated carbocycles. The van der Waals surface area contributed by atoms with Gasteiger partial charge in [0.1, 0.15) is 5.60 Å². The molecule has 1 atom stereocenters. The van der Waals surface area contributed by atoms with Crippen molar-refractivity contribution in [3.63, 3.8) is 0 Å². The average molecular weight is 264 g/mol. The number of hydrogen-bond donors (Lipinski definition) is 1. The van der Waals surface area contributed by atoms with Gasteiger partial charge in [-0.05, 0) is 26.2 Å². The van der Waals surface area contributed by atoms with Crippen molar-refractivity contribution in [2.45, 2.75) is 53.2 Å². The first-order valence-corrected chi connectivity index (χ1v) is 6.09. The third kappa shape index (κ3) is 6.51. The monoisotopic (exact) mass is 263 g/mol. The van der Waals surface area contributed by atoms with E-state index < -0.39 is 23.2 Å². The van der Waals surface area contributed by atoms with Crippen molar-refractivity contribution in [3.8, 4) is 0 Å². The molecule has 0 aliphatic rings. The van der Waals surface area contributed by atoms with E-state index in [1.54, 1.807) is 20.8 Å². The summed E-state index contributed by atoms with van der Waals surface area (Å²) in [4.78, 5) is 23.3. The molecule has 5 heteroatoms. The van der Waals surface area contributed by atoms with Gasteiger partial charge in [-0.15, -0.1) is 11.6 Å². The summed E-state index contributed by atoms with van der Waals surface area (Å²) in [6.07, 6.45) is -0.601. The number of carbonyl (C=O) groups is 2. The van der Waals surface area contributed by atoms with Crippen LogP contribution in [-0.2, 0) is 9.53 Å². The lowest BCUT2D eigenvalue weighted by Gasteiger charge is -2.30. The molecule has 0 aromatic carbocycles. The van der Waals surface area contributed by atoms with Gasteiger partial charge in [0.05, 0.1) is 11.9 Å². The fourth-order valence-electron chi connectivity index (χ4n) is 1.28. The Balaban J connectivity index is 4.67. The number of alkyl halides is 1. The topological polar surface area (TPSA) is 55.4 Å². The van der Waals surface area contributed by atoms with E-state index >= 15 is 0 Å². The Labute approximate surface area is 108 Å². The highest BCUT2D eigenvalue weighted by Gasteiger charge is 2.33. The minimum Gasteiger partial charge on any atom is -0.444 e. The molecule has 100 valence electrons. The van der Waals surface area contributed by atoms with E-state index in [1.807, 2.05) is 20.8 Å². The maximum Gasteiger partial charge on any atom is 0.408 e. The number of rotatable bonds is 3. The zero-order valence-corrected chi connectivity index (χ0v) is 12.1. The van der Waals surface area contributed by atoms with E-state index in [0.717, 1.165) is 0 Å². The Bertz CT molecular complexity index is 289. The van der Waals surface area contributed by atoms with Crippen LogP contribution in [0.2, 0.25) is 0 Å². The van der Waals surface area contributed by atoms with Crippen LogP contribution in [0.25, 0.3) is 0 Å². The molecule has 0 radical (unpaired) electrons. The minimum absolute atomic E-state index is 0.127. The summed E-state index contributed by atoms with van der Waals surface area (Å²) in [5.74, 6) is -0.345. The van der Waals surface area contributed by atoms with Gasteiger partial charge in [0, 0.05) is 0 Å². The maximum absolute atomic E-state index is 11.7. The molecule has 0 spiro atoms. The van der Waals surface area contributed by atoms with Gasteiger partial charge in [0.2, 0.25) is 0 Å². The third-order valence-corrected chi connectivity index (χ3v) is 2.24. The molecular formula is C12H22ClNO3. The van der Waals surface area contributed by atoms with Gasteiger partial charge in [0.15, 0.2) is 5.78 Å². The zero-order chi connectivity index (χ0) is 13.9. The van der Waals surface area contributed by atoms with Crippen molar-refractivity contribution < 1.29 is 14.3 Å². The average Bonchev–Trinajstić information content (AvgIpc) is 2.08. The molecule has 0 aliphatic carbocycles. The van der Waals surface area contributed by atoms with E-state index in [0.29, 0.717) is 0 Å². The van der Waals surface area contributed by atoms with Crippen molar-refractivity contribution in [3.05, 3.63) is 0 Å². The summed E-state index contributed by atoms with van der Waals surface area (Å²) in [6, 6.07) is -0.644. The second-order valence-electron chi connectivity index (χ2n) is 6.05. The molecule has 0 aromatic heterocycles. The van der Waals surface area contributed by atoms with Crippen LogP contribution in [0.4, 0.5) is 4.79 Å². The Morgan fingerprint density at radius 3 is 1.94 bits per heavy atom. The first-order chi connectivity index (χ1) is 7.47. The lowest BCUT2D eigenvalue weighted by atomic mass is 9.84. The molecule has 4 nitrogen and oxygen atoms in total. The summed E-state index contributed by atoms with van der Waals surface area (Å²) in [5, 5.41) is 2.57. The van der Waals surface area contributed by atoms with Gasteiger partial charge in [0.25, 0.3) is 0 Å². The van der Waals surface area contributed by atoms with Crippen molar-refractivity contribution in [1.29, 1.82) is 0 Å². The van der Waals surface area contributed by atoms with Crippen LogP contribution in [0.3, 0.4) is 0 Å². The number of hydrogen-bond acceptors (Lipinski definition) is 3. The summed E-state index contributed by atoms with van der Waals surface area (Å²) in [5.41, 5.74) is -0.987. The first-order valence-electron chi connectivity index (χ1n) is 5.55. The second-order valence-corrected chi connectivity index (χ2v) is 6.31. The van der Waals surface area contributed by atoms with Crippen LogP contribution in [0, 0.1) is 5.41 Å². The number of ether oxygens (including phenoxy) is 1. The van der Waals surface area contributed by atoms with Gasteiger partial charge in [-0.25, -0.2) is 4.79 Å². The number of Topliss-reactive ketones (excluding diaryl/α,β-unsaturated/α-hetero) is 1. The molecule has 0 aliphatic heterocycles. The van der Waals surface area contributed by atoms with Crippen LogP contribution < -0.4 is 5.32 Å². The van der Waals surface area contributed by atoms with E-state index in [1.165, 1.54) is 0 Å². The number of nitrogens with one attached hydrogen (secondary N) is 1. The van der Waals surface area contributed by atoms with Crippen molar-refractivity contribution in [1.82, 2.24) is 5.32 Å². The van der Waals surface area contributed by atoms with Crippen molar-refractivity contribution in [2.75, 3.05) is 5.88 Å². The molecule has 1 N–H and O–H groups in total. The molecule has 0 bridgehead atoms. The van der Waals surface area contributed by atoms with Crippen LogP contribution in [0.1, 0.15) is 41.5 Å². The van der Waals surface area contributed by atoms with E-state index in [2.05, 4.69) is 5.32 Å². The van der Waals surface area contributed by atoms with Gasteiger partial charge in [-0.1, -0.05) is 20.8 Å². The molecule has 0 aromatic rings. The van der Waals surface area contributed by atoms with E-state index in [4.69, 9.17) is 16.3 Å². The third-order valence-electron chi connectivity index (χ3n) is 1.98. The van der Waals surface area contributed by atoms with Crippen molar-refractivity contribution in [2.24, 2.45) is 5.41 Å². The molecule has 0 saturated heterocycles. The molecule has 17 heavy (non-hydrogen) atoms. The molecule has 1 amide bonds. The number of alkyl carbamates (subject to hydrolysis) is 1. The SMILES string of the molecule is CC(C)(C)OC(=O)NC(C(=O)CCl)C(C)(C)C. The Hall–Kier alpha value is -0.770. The molecular weight excluding hydrogens is 242 g/mol. The highest BCUT2D eigenvalue weighted by molar-refractivity contribution is 6.28. The molecule has 0 fully saturated rings. The normalized spacial score (nSPS) is 14.1. The largest absolute Gasteiger partial charge is 0.444 e. The predicted molar refractivity (Wildman–Crippen MR) is 68.3 cm³/mol. The lowest BCUT2D eigenvalue weighted by molar-refractivity contribution is -0.121. The van der Waals surface area contributed by atoms with Gasteiger partial charge < -0.3 is 10.1 Å². The van der Waals surface area contributed by atoms with Crippen LogP contribution >= 0.6 is 11.6 Å². The highest BCUT2D eigenvalue weighted by Crippen LogP contribution is 2.21. The van der Waals surface area contributed by atoms with E-state index in [-0.39, 0.29) is 11.7 Å². The number of amides is 1. The summed E-state index contributed by atoms with van der Waals surface area (Å²) in [7, 11) is 0. The fourth-order valence-corrected chi connectivity index (χ4v) is 1.44. The number of ketones is 1. The zero-order valence-electron chi connectivity index (χ0n) is 11.4. The summed E-state index contributed by atoms with van der Waals surface area (Å²) in [6.45, 7) is 10.9. The second kappa shape index (κ2) is 5.71. The van der Waals surface area contributed by atoms with Gasteiger partial charge in [-0.3, -0.25) is 4.79 Å². The van der Waals surface area contributed by atoms with Crippen LogP contribution in [0.15, 0.2) is 0 Å². The van der Waals surface area contributed by atoms with Crippen molar-refractivity contribution >= 4 is 23.5 Å². The summed E-state index contributed by atoms with van der Waals surface area (Å²) >= 11 is 5.53. The van der Waals surface area contributed by atoms with Crippen LogP contribution in [0.5, 0.6) is 0 Å².